The molecule has 0 radical (unpaired) electrons. The summed E-state index contributed by atoms with van der Waals surface area (Å²) in [5.74, 6) is -0.385. The first-order chi connectivity index (χ1) is 10.5. The van der Waals surface area contributed by atoms with Gasteiger partial charge < -0.3 is 4.90 Å². The van der Waals surface area contributed by atoms with Crippen molar-refractivity contribution < 1.29 is 9.72 Å². The number of amides is 1. The monoisotopic (exact) mass is 380 g/mol. The second-order valence-corrected chi connectivity index (χ2v) is 6.25. The zero-order chi connectivity index (χ0) is 15.9. The fraction of sp³-hybridized carbons (Fsp3) is 0.133. The van der Waals surface area contributed by atoms with Crippen LogP contribution in [0.5, 0.6) is 0 Å². The molecular formula is C15H10BrClN2O3. The van der Waals surface area contributed by atoms with Crippen LogP contribution in [0.3, 0.4) is 0 Å². The quantitative estimate of drug-likeness (QED) is 0.578. The maximum Gasteiger partial charge on any atom is 0.283 e. The number of hydrogen-bond donors (Lipinski definition) is 0. The Balaban J connectivity index is 2.02. The van der Waals surface area contributed by atoms with Crippen LogP contribution in [-0.4, -0.2) is 17.4 Å². The molecule has 1 heterocycles. The van der Waals surface area contributed by atoms with Gasteiger partial charge in [0, 0.05) is 27.8 Å². The zero-order valence-electron chi connectivity index (χ0n) is 11.3. The van der Waals surface area contributed by atoms with Crippen molar-refractivity contribution in [2.45, 2.75) is 6.42 Å². The lowest BCUT2D eigenvalue weighted by molar-refractivity contribution is -0.385. The third-order valence-corrected chi connectivity index (χ3v) is 4.30. The van der Waals surface area contributed by atoms with Gasteiger partial charge in [0.2, 0.25) is 0 Å². The first-order valence-electron chi connectivity index (χ1n) is 6.51. The van der Waals surface area contributed by atoms with E-state index in [-0.39, 0.29) is 22.2 Å². The van der Waals surface area contributed by atoms with Gasteiger partial charge in [0.1, 0.15) is 5.56 Å². The van der Waals surface area contributed by atoms with Crippen LogP contribution >= 0.6 is 27.5 Å². The standard InChI is InChI=1S/C15H10BrClN2O3/c16-10-1-4-13-9(7-10)5-6-18(13)15(20)12-3-2-11(17)8-14(12)19(21)22/h1-4,7-8H,5-6H2. The highest BCUT2D eigenvalue weighted by molar-refractivity contribution is 9.10. The van der Waals surface area contributed by atoms with Crippen LogP contribution in [0, 0.1) is 10.1 Å². The summed E-state index contributed by atoms with van der Waals surface area (Å²) in [5, 5.41) is 11.4. The number of nitro groups is 1. The maximum atomic E-state index is 12.7. The summed E-state index contributed by atoms with van der Waals surface area (Å²) in [7, 11) is 0. The number of halogens is 2. The Kier molecular flexibility index (Phi) is 3.88. The fourth-order valence-electron chi connectivity index (χ4n) is 2.56. The number of carbonyl (C=O) groups is 1. The number of nitro benzene ring substituents is 1. The molecule has 1 aliphatic rings. The molecule has 7 heteroatoms. The summed E-state index contributed by atoms with van der Waals surface area (Å²) >= 11 is 9.19. The minimum absolute atomic E-state index is 0.0465. The Morgan fingerprint density at radius 1 is 1.27 bits per heavy atom. The van der Waals surface area contributed by atoms with Crippen LogP contribution in [0.25, 0.3) is 0 Å². The van der Waals surface area contributed by atoms with E-state index in [4.69, 9.17) is 11.6 Å². The van der Waals surface area contributed by atoms with Crippen LogP contribution in [-0.2, 0) is 6.42 Å². The molecule has 0 N–H and O–H groups in total. The van der Waals surface area contributed by atoms with Gasteiger partial charge in [0.05, 0.1) is 4.92 Å². The summed E-state index contributed by atoms with van der Waals surface area (Å²) in [5.41, 5.74) is 1.60. The summed E-state index contributed by atoms with van der Waals surface area (Å²) in [6, 6.07) is 9.74. The van der Waals surface area contributed by atoms with Crippen molar-refractivity contribution in [2.75, 3.05) is 11.4 Å². The minimum Gasteiger partial charge on any atom is -0.308 e. The van der Waals surface area contributed by atoms with Crippen LogP contribution in [0.2, 0.25) is 5.02 Å². The Hall–Kier alpha value is -1.92. The van der Waals surface area contributed by atoms with E-state index in [2.05, 4.69) is 15.9 Å². The van der Waals surface area contributed by atoms with E-state index < -0.39 is 4.92 Å². The molecule has 0 atom stereocenters. The number of anilines is 1. The lowest BCUT2D eigenvalue weighted by atomic mass is 10.1. The average Bonchev–Trinajstić information content (AvgIpc) is 2.89. The second-order valence-electron chi connectivity index (χ2n) is 4.90. The second kappa shape index (κ2) is 5.70. The molecule has 0 saturated carbocycles. The van der Waals surface area contributed by atoms with Crippen molar-refractivity contribution in [3.8, 4) is 0 Å². The molecule has 22 heavy (non-hydrogen) atoms. The van der Waals surface area contributed by atoms with Gasteiger partial charge in [0.25, 0.3) is 11.6 Å². The fourth-order valence-corrected chi connectivity index (χ4v) is 3.14. The van der Waals surface area contributed by atoms with Crippen LogP contribution in [0.4, 0.5) is 11.4 Å². The summed E-state index contributed by atoms with van der Waals surface area (Å²) < 4.78 is 0.943. The number of rotatable bonds is 2. The average molecular weight is 382 g/mol. The first-order valence-corrected chi connectivity index (χ1v) is 7.68. The van der Waals surface area contributed by atoms with E-state index in [1.165, 1.54) is 18.2 Å². The number of benzene rings is 2. The number of fused-ring (bicyclic) bond motifs is 1. The smallest absolute Gasteiger partial charge is 0.283 e. The van der Waals surface area contributed by atoms with E-state index in [9.17, 15) is 14.9 Å². The van der Waals surface area contributed by atoms with E-state index >= 15 is 0 Å². The molecule has 0 saturated heterocycles. The van der Waals surface area contributed by atoms with Gasteiger partial charge >= 0.3 is 0 Å². The first kappa shape index (κ1) is 15.0. The van der Waals surface area contributed by atoms with Gasteiger partial charge in [-0.25, -0.2) is 0 Å². The van der Waals surface area contributed by atoms with Gasteiger partial charge in [-0.3, -0.25) is 14.9 Å². The molecule has 1 amide bonds. The highest BCUT2D eigenvalue weighted by atomic mass is 79.9. The van der Waals surface area contributed by atoms with E-state index in [1.807, 2.05) is 18.2 Å². The molecule has 5 nitrogen and oxygen atoms in total. The van der Waals surface area contributed by atoms with Crippen molar-refractivity contribution in [2.24, 2.45) is 0 Å². The maximum absolute atomic E-state index is 12.7. The van der Waals surface area contributed by atoms with Gasteiger partial charge in [0.15, 0.2) is 0 Å². The normalized spacial score (nSPS) is 13.1. The number of hydrogen-bond acceptors (Lipinski definition) is 3. The summed E-state index contributed by atoms with van der Waals surface area (Å²) in [6.07, 6.45) is 0.724. The predicted molar refractivity (Wildman–Crippen MR) is 87.6 cm³/mol. The van der Waals surface area contributed by atoms with Gasteiger partial charge in [-0.2, -0.15) is 0 Å². The van der Waals surface area contributed by atoms with Gasteiger partial charge in [-0.1, -0.05) is 27.5 Å². The molecule has 1 aliphatic heterocycles. The Labute approximate surface area is 139 Å². The van der Waals surface area contributed by atoms with Crippen LogP contribution < -0.4 is 4.90 Å². The largest absolute Gasteiger partial charge is 0.308 e. The molecule has 0 unspecified atom stereocenters. The minimum atomic E-state index is -0.586. The molecule has 0 bridgehead atoms. The van der Waals surface area contributed by atoms with E-state index in [0.717, 1.165) is 22.1 Å². The molecule has 112 valence electrons. The number of carbonyl (C=O) groups excluding carboxylic acids is 1. The summed E-state index contributed by atoms with van der Waals surface area (Å²) in [6.45, 7) is 0.504. The highest BCUT2D eigenvalue weighted by Crippen LogP contribution is 2.33. The van der Waals surface area contributed by atoms with Crippen molar-refractivity contribution in [3.05, 3.63) is 67.1 Å². The molecule has 2 aromatic rings. The molecule has 0 aliphatic carbocycles. The SMILES string of the molecule is O=C(c1ccc(Cl)cc1[N+](=O)[O-])N1CCc2cc(Br)ccc21. The summed E-state index contributed by atoms with van der Waals surface area (Å²) in [4.78, 5) is 24.8. The molecule has 0 spiro atoms. The molecular weight excluding hydrogens is 372 g/mol. The Morgan fingerprint density at radius 2 is 2.05 bits per heavy atom. The Bertz CT molecular complexity index is 794. The molecule has 2 aromatic carbocycles. The molecule has 0 fully saturated rings. The van der Waals surface area contributed by atoms with Crippen LogP contribution in [0.15, 0.2) is 40.9 Å². The number of nitrogens with zero attached hydrogens (tertiary/aromatic N) is 2. The van der Waals surface area contributed by atoms with E-state index in [0.29, 0.717) is 6.54 Å². The van der Waals surface area contributed by atoms with Crippen molar-refractivity contribution in [3.63, 3.8) is 0 Å². The lowest BCUT2D eigenvalue weighted by Crippen LogP contribution is -2.29. The van der Waals surface area contributed by atoms with Gasteiger partial charge in [-0.15, -0.1) is 0 Å². The zero-order valence-corrected chi connectivity index (χ0v) is 13.6. The molecule has 0 aromatic heterocycles. The third-order valence-electron chi connectivity index (χ3n) is 3.57. The van der Waals surface area contributed by atoms with Crippen molar-refractivity contribution in [1.82, 2.24) is 0 Å². The Morgan fingerprint density at radius 3 is 2.77 bits per heavy atom. The topological polar surface area (TPSA) is 63.4 Å². The predicted octanol–water partition coefficient (Wildman–Crippen LogP) is 4.21. The van der Waals surface area contributed by atoms with E-state index in [1.54, 1.807) is 4.90 Å². The highest BCUT2D eigenvalue weighted by Gasteiger charge is 2.30. The molecule has 3 rings (SSSR count). The van der Waals surface area contributed by atoms with Gasteiger partial charge in [-0.05, 0) is 42.3 Å². The third kappa shape index (κ3) is 2.60. The van der Waals surface area contributed by atoms with Crippen molar-refractivity contribution in [1.29, 1.82) is 0 Å². The van der Waals surface area contributed by atoms with Crippen molar-refractivity contribution >= 4 is 44.8 Å². The van der Waals surface area contributed by atoms with Crippen LogP contribution in [0.1, 0.15) is 15.9 Å². The lowest BCUT2D eigenvalue weighted by Gasteiger charge is -2.17.